The van der Waals surface area contributed by atoms with Crippen molar-refractivity contribution in [1.29, 1.82) is 0 Å². The van der Waals surface area contributed by atoms with E-state index < -0.39 is 28.6 Å². The van der Waals surface area contributed by atoms with Gasteiger partial charge in [-0.1, -0.05) is 6.08 Å². The molecule has 0 saturated carbocycles. The Bertz CT molecular complexity index is 801. The van der Waals surface area contributed by atoms with Gasteiger partial charge in [-0.3, -0.25) is 9.36 Å². The van der Waals surface area contributed by atoms with E-state index in [0.717, 1.165) is 0 Å². The number of carbonyl (C=O) groups is 1. The fraction of sp³-hybridized carbons (Fsp3) is 0.650. The average Bonchev–Trinajstić information content (AvgIpc) is 2.98. The molecule has 8 nitrogen and oxygen atoms in total. The van der Waals surface area contributed by atoms with Gasteiger partial charge >= 0.3 is 5.69 Å². The Morgan fingerprint density at radius 3 is 2.60 bits per heavy atom. The minimum atomic E-state index is -1.80. The van der Waals surface area contributed by atoms with E-state index in [2.05, 4.69) is 56.2 Å². The van der Waals surface area contributed by atoms with Gasteiger partial charge in [-0.15, -0.1) is 6.58 Å². The maximum atomic E-state index is 12.6. The first-order chi connectivity index (χ1) is 13.9. The zero-order valence-electron chi connectivity index (χ0n) is 18.9. The fourth-order valence-corrected chi connectivity index (χ4v) is 4.89. The molecule has 0 radical (unpaired) electrons. The third-order valence-corrected chi connectivity index (χ3v) is 6.39. The highest BCUT2D eigenvalue weighted by molar-refractivity contribution is 6.70. The number of anilines is 1. The highest BCUT2D eigenvalue weighted by Crippen LogP contribution is 2.32. The van der Waals surface area contributed by atoms with Crippen molar-refractivity contribution in [2.24, 2.45) is 0 Å². The van der Waals surface area contributed by atoms with Crippen molar-refractivity contribution in [3.63, 3.8) is 0 Å². The van der Waals surface area contributed by atoms with E-state index in [1.807, 2.05) is 0 Å². The normalized spacial score (nSPS) is 22.1. The van der Waals surface area contributed by atoms with Gasteiger partial charge in [0.15, 0.2) is 16.6 Å². The molecule has 0 spiro atoms. The van der Waals surface area contributed by atoms with Gasteiger partial charge < -0.3 is 18.9 Å². The fourth-order valence-electron chi connectivity index (χ4n) is 3.07. The molecule has 0 aliphatic carbocycles. The highest BCUT2D eigenvalue weighted by atomic mass is 28.4. The van der Waals surface area contributed by atoms with Crippen LogP contribution >= 0.6 is 0 Å². The van der Waals surface area contributed by atoms with Crippen LogP contribution in [-0.2, 0) is 18.4 Å². The molecule has 1 aromatic heterocycles. The van der Waals surface area contributed by atoms with Crippen LogP contribution in [0.5, 0.6) is 0 Å². The number of aromatic nitrogens is 2. The lowest BCUT2D eigenvalue weighted by molar-refractivity contribution is -0.116. The van der Waals surface area contributed by atoms with Gasteiger partial charge in [0.1, 0.15) is 18.1 Å². The molecule has 168 valence electrons. The Kier molecular flexibility index (Phi) is 8.34. The zero-order chi connectivity index (χ0) is 22.5. The first-order valence-electron chi connectivity index (χ1n) is 10.3. The quantitative estimate of drug-likeness (QED) is 0.431. The highest BCUT2D eigenvalue weighted by Gasteiger charge is 2.40. The van der Waals surface area contributed by atoms with Crippen LogP contribution in [0.1, 0.15) is 25.5 Å². The monoisotopic (exact) mass is 453 g/mol. The summed E-state index contributed by atoms with van der Waals surface area (Å²) in [5.74, 6) is 0.0284. The molecule has 2 rings (SSSR count). The summed E-state index contributed by atoms with van der Waals surface area (Å²) in [6, 6.07) is 1.61. The molecular formula is C20H35N3O5Si2. The Balaban J connectivity index is 2.12. The van der Waals surface area contributed by atoms with E-state index in [1.165, 1.54) is 4.57 Å². The van der Waals surface area contributed by atoms with Crippen molar-refractivity contribution in [3.8, 4) is 0 Å². The van der Waals surface area contributed by atoms with E-state index in [1.54, 1.807) is 18.3 Å². The molecule has 0 bridgehead atoms. The standard InChI is InChI=1S/C20H35N3O5Si2/c1-8-9-10-18(24)21-17-11-12-23(20(25)22-17)19-13-15(28-30(5,6)7)16(27-19)14-26-29(2,3)4/h8,11-12,15-16,19H,1,9-10,13-14H2,2-7H3,(H,21,22,24,25)/t15-,16+,19+/m0/s1. The number of allylic oxidation sites excluding steroid dienone is 1. The molecule has 3 atom stereocenters. The molecule has 1 saturated heterocycles. The number of amides is 1. The molecule has 30 heavy (non-hydrogen) atoms. The number of nitrogens with one attached hydrogen (secondary N) is 1. The summed E-state index contributed by atoms with van der Waals surface area (Å²) >= 11 is 0. The van der Waals surface area contributed by atoms with Gasteiger partial charge in [0.25, 0.3) is 0 Å². The molecule has 0 aromatic carbocycles. The van der Waals surface area contributed by atoms with Crippen LogP contribution in [0.15, 0.2) is 29.7 Å². The molecule has 1 aliphatic rings. The van der Waals surface area contributed by atoms with Crippen LogP contribution in [0.2, 0.25) is 39.3 Å². The van der Waals surface area contributed by atoms with E-state index in [0.29, 0.717) is 25.9 Å². The lowest BCUT2D eigenvalue weighted by Gasteiger charge is -2.28. The van der Waals surface area contributed by atoms with Crippen molar-refractivity contribution in [1.82, 2.24) is 9.55 Å². The number of hydrogen-bond donors (Lipinski definition) is 1. The first kappa shape index (κ1) is 24.7. The summed E-state index contributed by atoms with van der Waals surface area (Å²) in [6.07, 6.45) is 3.84. The number of nitrogens with zero attached hydrogens (tertiary/aromatic N) is 2. The maximum absolute atomic E-state index is 12.6. The third-order valence-electron chi connectivity index (χ3n) is 4.35. The van der Waals surface area contributed by atoms with Crippen molar-refractivity contribution >= 4 is 28.4 Å². The Hall–Kier alpha value is -1.60. The molecule has 0 unspecified atom stereocenters. The second-order valence-corrected chi connectivity index (χ2v) is 18.4. The van der Waals surface area contributed by atoms with Crippen molar-refractivity contribution in [2.45, 2.75) is 77.0 Å². The molecule has 1 fully saturated rings. The minimum Gasteiger partial charge on any atom is -0.415 e. The largest absolute Gasteiger partial charge is 0.415 e. The van der Waals surface area contributed by atoms with Crippen molar-refractivity contribution in [3.05, 3.63) is 35.4 Å². The topological polar surface area (TPSA) is 91.7 Å². The first-order valence-corrected chi connectivity index (χ1v) is 17.2. The molecular weight excluding hydrogens is 418 g/mol. The van der Waals surface area contributed by atoms with E-state index >= 15 is 0 Å². The SMILES string of the molecule is C=CCCC(=O)Nc1ccn([C@H]2C[C@H](O[Si](C)(C)C)[C@@H](CO[Si](C)(C)C)O2)c(=O)n1. The molecule has 1 N–H and O–H groups in total. The summed E-state index contributed by atoms with van der Waals surface area (Å²) in [5, 5.41) is 2.63. The predicted octanol–water partition coefficient (Wildman–Crippen LogP) is 3.51. The van der Waals surface area contributed by atoms with Gasteiger partial charge in [0, 0.05) is 19.0 Å². The number of hydrogen-bond acceptors (Lipinski definition) is 6. The number of ether oxygens (including phenoxy) is 1. The van der Waals surface area contributed by atoms with E-state index in [4.69, 9.17) is 13.6 Å². The summed E-state index contributed by atoms with van der Waals surface area (Å²) in [6.45, 7) is 16.8. The Morgan fingerprint density at radius 2 is 2.03 bits per heavy atom. The molecule has 1 aliphatic heterocycles. The molecule has 10 heteroatoms. The van der Waals surface area contributed by atoms with Crippen LogP contribution in [0.25, 0.3) is 0 Å². The predicted molar refractivity (Wildman–Crippen MR) is 123 cm³/mol. The number of rotatable bonds is 10. The Labute approximate surface area is 180 Å². The van der Waals surface area contributed by atoms with E-state index in [9.17, 15) is 9.59 Å². The minimum absolute atomic E-state index is 0.136. The van der Waals surface area contributed by atoms with Crippen LogP contribution in [0, 0.1) is 0 Å². The zero-order valence-corrected chi connectivity index (χ0v) is 20.9. The van der Waals surface area contributed by atoms with E-state index in [-0.39, 0.29) is 23.9 Å². The lowest BCUT2D eigenvalue weighted by atomic mass is 10.2. The van der Waals surface area contributed by atoms with Crippen LogP contribution in [-0.4, -0.2) is 50.9 Å². The third kappa shape index (κ3) is 7.91. The summed E-state index contributed by atoms with van der Waals surface area (Å²) in [5.41, 5.74) is -0.472. The lowest BCUT2D eigenvalue weighted by Crippen LogP contribution is -2.40. The molecule has 1 amide bonds. The molecule has 1 aromatic rings. The maximum Gasteiger partial charge on any atom is 0.351 e. The van der Waals surface area contributed by atoms with Crippen LogP contribution < -0.4 is 11.0 Å². The smallest absolute Gasteiger partial charge is 0.351 e. The van der Waals surface area contributed by atoms with Gasteiger partial charge in [-0.25, -0.2) is 4.79 Å². The Morgan fingerprint density at radius 1 is 1.33 bits per heavy atom. The van der Waals surface area contributed by atoms with Gasteiger partial charge in [0.2, 0.25) is 5.91 Å². The summed E-state index contributed by atoms with van der Waals surface area (Å²) < 4.78 is 20.0. The van der Waals surface area contributed by atoms with Crippen LogP contribution in [0.4, 0.5) is 5.82 Å². The van der Waals surface area contributed by atoms with Crippen molar-refractivity contribution in [2.75, 3.05) is 11.9 Å². The summed E-state index contributed by atoms with van der Waals surface area (Å²) in [7, 11) is -3.51. The van der Waals surface area contributed by atoms with Crippen LogP contribution in [0.3, 0.4) is 0 Å². The van der Waals surface area contributed by atoms with Gasteiger partial charge in [-0.05, 0) is 51.8 Å². The second kappa shape index (κ2) is 10.1. The molecule has 2 heterocycles. The number of carbonyl (C=O) groups excluding carboxylic acids is 1. The van der Waals surface area contributed by atoms with Crippen molar-refractivity contribution < 1.29 is 18.4 Å². The summed E-state index contributed by atoms with van der Waals surface area (Å²) in [4.78, 5) is 28.4. The van der Waals surface area contributed by atoms with Gasteiger partial charge in [-0.2, -0.15) is 4.98 Å². The average molecular weight is 454 g/mol. The second-order valence-electron chi connectivity index (χ2n) is 9.44. The van der Waals surface area contributed by atoms with Gasteiger partial charge in [0.05, 0.1) is 12.7 Å².